The van der Waals surface area contributed by atoms with E-state index < -0.39 is 0 Å². The SMILES string of the molecule is CN(C)CCNC(C#N)c1ccc(-c2ccccc2)cc1. The summed E-state index contributed by atoms with van der Waals surface area (Å²) in [5, 5.41) is 12.6. The average molecular weight is 279 g/mol. The Hall–Kier alpha value is -2.15. The number of nitrogens with one attached hydrogen (secondary N) is 1. The van der Waals surface area contributed by atoms with Crippen molar-refractivity contribution < 1.29 is 0 Å². The molecule has 21 heavy (non-hydrogen) atoms. The van der Waals surface area contributed by atoms with Crippen LogP contribution in [0.4, 0.5) is 0 Å². The highest BCUT2D eigenvalue weighted by atomic mass is 15.1. The van der Waals surface area contributed by atoms with Gasteiger partial charge in [-0.15, -0.1) is 0 Å². The van der Waals surface area contributed by atoms with E-state index in [1.165, 1.54) is 11.1 Å². The van der Waals surface area contributed by atoms with E-state index in [0.717, 1.165) is 18.7 Å². The standard InChI is InChI=1S/C18H21N3/c1-21(2)13-12-20-18(14-19)17-10-8-16(9-11-17)15-6-4-3-5-7-15/h3-11,18,20H,12-13H2,1-2H3. The molecule has 3 nitrogen and oxygen atoms in total. The maximum Gasteiger partial charge on any atom is 0.121 e. The predicted molar refractivity (Wildman–Crippen MR) is 86.8 cm³/mol. The number of nitriles is 1. The second kappa shape index (κ2) is 7.58. The van der Waals surface area contributed by atoms with Crippen LogP contribution in [-0.4, -0.2) is 32.1 Å². The highest BCUT2D eigenvalue weighted by molar-refractivity contribution is 5.63. The lowest BCUT2D eigenvalue weighted by molar-refractivity contribution is 0.395. The van der Waals surface area contributed by atoms with Gasteiger partial charge in [0.1, 0.15) is 6.04 Å². The molecular formula is C18H21N3. The van der Waals surface area contributed by atoms with E-state index >= 15 is 0 Å². The third kappa shape index (κ3) is 4.42. The van der Waals surface area contributed by atoms with Crippen molar-refractivity contribution in [2.24, 2.45) is 0 Å². The Morgan fingerprint density at radius 1 is 1.00 bits per heavy atom. The lowest BCUT2D eigenvalue weighted by Crippen LogP contribution is -2.29. The average Bonchev–Trinajstić information content (AvgIpc) is 2.52. The van der Waals surface area contributed by atoms with Crippen LogP contribution >= 0.6 is 0 Å². The van der Waals surface area contributed by atoms with E-state index in [1.807, 2.05) is 44.4 Å². The first-order chi connectivity index (χ1) is 10.2. The van der Waals surface area contributed by atoms with E-state index in [4.69, 9.17) is 0 Å². The lowest BCUT2D eigenvalue weighted by Gasteiger charge is -2.15. The summed E-state index contributed by atoms with van der Waals surface area (Å²) in [6.45, 7) is 1.71. The molecular weight excluding hydrogens is 258 g/mol. The summed E-state index contributed by atoms with van der Waals surface area (Å²) in [5.74, 6) is 0. The number of rotatable bonds is 6. The van der Waals surface area contributed by atoms with Gasteiger partial charge in [0.15, 0.2) is 0 Å². The molecule has 1 unspecified atom stereocenters. The molecule has 0 saturated heterocycles. The second-order valence-corrected chi connectivity index (χ2v) is 5.31. The molecule has 0 aliphatic heterocycles. The van der Waals surface area contributed by atoms with Gasteiger partial charge in [-0.05, 0) is 30.8 Å². The van der Waals surface area contributed by atoms with Gasteiger partial charge in [-0.1, -0.05) is 54.6 Å². The van der Waals surface area contributed by atoms with Crippen molar-refractivity contribution in [3.05, 3.63) is 60.2 Å². The Labute approximate surface area is 126 Å². The monoisotopic (exact) mass is 279 g/mol. The summed E-state index contributed by atoms with van der Waals surface area (Å²) in [7, 11) is 4.05. The molecule has 0 bridgehead atoms. The van der Waals surface area contributed by atoms with Gasteiger partial charge < -0.3 is 4.90 Å². The first-order valence-corrected chi connectivity index (χ1v) is 7.14. The summed E-state index contributed by atoms with van der Waals surface area (Å²) in [6, 6.07) is 20.5. The Balaban J connectivity index is 2.05. The van der Waals surface area contributed by atoms with Crippen LogP contribution in [0.2, 0.25) is 0 Å². The van der Waals surface area contributed by atoms with E-state index in [9.17, 15) is 5.26 Å². The van der Waals surface area contributed by atoms with E-state index in [2.05, 4.69) is 40.6 Å². The van der Waals surface area contributed by atoms with Crippen LogP contribution in [0.3, 0.4) is 0 Å². The molecule has 0 spiro atoms. The number of nitrogens with zero attached hydrogens (tertiary/aromatic N) is 2. The van der Waals surface area contributed by atoms with Crippen molar-refractivity contribution in [1.29, 1.82) is 5.26 Å². The first-order valence-electron chi connectivity index (χ1n) is 7.14. The number of hydrogen-bond acceptors (Lipinski definition) is 3. The van der Waals surface area contributed by atoms with Crippen LogP contribution in [0.5, 0.6) is 0 Å². The molecule has 0 amide bonds. The van der Waals surface area contributed by atoms with Crippen molar-refractivity contribution in [3.8, 4) is 17.2 Å². The van der Waals surface area contributed by atoms with Gasteiger partial charge in [0.25, 0.3) is 0 Å². The molecule has 2 rings (SSSR count). The van der Waals surface area contributed by atoms with Crippen molar-refractivity contribution >= 4 is 0 Å². The van der Waals surface area contributed by atoms with Crippen LogP contribution in [0.15, 0.2) is 54.6 Å². The van der Waals surface area contributed by atoms with Crippen LogP contribution in [0, 0.1) is 11.3 Å². The van der Waals surface area contributed by atoms with Gasteiger partial charge in [-0.25, -0.2) is 0 Å². The normalized spacial score (nSPS) is 12.1. The summed E-state index contributed by atoms with van der Waals surface area (Å²) in [6.07, 6.45) is 0. The van der Waals surface area contributed by atoms with Crippen molar-refractivity contribution in [2.75, 3.05) is 27.2 Å². The molecule has 2 aromatic rings. The Morgan fingerprint density at radius 3 is 2.19 bits per heavy atom. The molecule has 0 heterocycles. The van der Waals surface area contributed by atoms with Gasteiger partial charge >= 0.3 is 0 Å². The fourth-order valence-corrected chi connectivity index (χ4v) is 2.17. The van der Waals surface area contributed by atoms with Crippen LogP contribution in [0.1, 0.15) is 11.6 Å². The molecule has 3 heteroatoms. The minimum absolute atomic E-state index is 0.255. The zero-order valence-electron chi connectivity index (χ0n) is 12.6. The summed E-state index contributed by atoms with van der Waals surface area (Å²) < 4.78 is 0. The molecule has 2 aromatic carbocycles. The Bertz CT molecular complexity index is 582. The molecule has 108 valence electrons. The van der Waals surface area contributed by atoms with Gasteiger partial charge in [0, 0.05) is 13.1 Å². The maximum atomic E-state index is 9.30. The molecule has 0 fully saturated rings. The molecule has 1 atom stereocenters. The number of benzene rings is 2. The highest BCUT2D eigenvalue weighted by Gasteiger charge is 2.09. The molecule has 1 N–H and O–H groups in total. The summed E-state index contributed by atoms with van der Waals surface area (Å²) in [4.78, 5) is 2.10. The minimum atomic E-state index is -0.255. The van der Waals surface area contributed by atoms with Crippen LogP contribution in [-0.2, 0) is 0 Å². The van der Waals surface area contributed by atoms with Crippen LogP contribution < -0.4 is 5.32 Å². The molecule has 0 saturated carbocycles. The maximum absolute atomic E-state index is 9.30. The van der Waals surface area contributed by atoms with Gasteiger partial charge in [0.2, 0.25) is 0 Å². The first kappa shape index (κ1) is 15.2. The van der Waals surface area contributed by atoms with E-state index in [0.29, 0.717) is 0 Å². The highest BCUT2D eigenvalue weighted by Crippen LogP contribution is 2.21. The molecule has 0 aliphatic carbocycles. The van der Waals surface area contributed by atoms with Gasteiger partial charge in [0.05, 0.1) is 6.07 Å². The van der Waals surface area contributed by atoms with Crippen molar-refractivity contribution in [1.82, 2.24) is 10.2 Å². The number of likely N-dealkylation sites (N-methyl/N-ethyl adjacent to an activating group) is 1. The third-order valence-corrected chi connectivity index (χ3v) is 3.39. The molecule has 0 aromatic heterocycles. The molecule has 0 aliphatic rings. The predicted octanol–water partition coefficient (Wildman–Crippen LogP) is 3.07. The fraction of sp³-hybridized carbons (Fsp3) is 0.278. The van der Waals surface area contributed by atoms with Crippen molar-refractivity contribution in [3.63, 3.8) is 0 Å². The Kier molecular flexibility index (Phi) is 5.51. The van der Waals surface area contributed by atoms with E-state index in [-0.39, 0.29) is 6.04 Å². The van der Waals surface area contributed by atoms with Gasteiger partial charge in [-0.2, -0.15) is 5.26 Å². The smallest absolute Gasteiger partial charge is 0.121 e. The zero-order valence-corrected chi connectivity index (χ0v) is 12.6. The second-order valence-electron chi connectivity index (χ2n) is 5.31. The van der Waals surface area contributed by atoms with E-state index in [1.54, 1.807) is 0 Å². The quantitative estimate of drug-likeness (QED) is 0.883. The number of hydrogen-bond donors (Lipinski definition) is 1. The Morgan fingerprint density at radius 2 is 1.62 bits per heavy atom. The van der Waals surface area contributed by atoms with Crippen molar-refractivity contribution in [2.45, 2.75) is 6.04 Å². The summed E-state index contributed by atoms with van der Waals surface area (Å²) in [5.41, 5.74) is 3.37. The molecule has 0 radical (unpaired) electrons. The lowest BCUT2D eigenvalue weighted by atomic mass is 10.0. The van der Waals surface area contributed by atoms with Gasteiger partial charge in [-0.3, -0.25) is 5.32 Å². The third-order valence-electron chi connectivity index (χ3n) is 3.39. The summed E-state index contributed by atoms with van der Waals surface area (Å²) >= 11 is 0. The topological polar surface area (TPSA) is 39.1 Å². The largest absolute Gasteiger partial charge is 0.308 e. The fourth-order valence-electron chi connectivity index (χ4n) is 2.17. The van der Waals surface area contributed by atoms with Crippen LogP contribution in [0.25, 0.3) is 11.1 Å². The zero-order chi connectivity index (χ0) is 15.1. The minimum Gasteiger partial charge on any atom is -0.308 e.